The highest BCUT2D eigenvalue weighted by Crippen LogP contribution is 2.26. The normalized spacial score (nSPS) is 15.1. The molecule has 0 aliphatic carbocycles. The summed E-state index contributed by atoms with van der Waals surface area (Å²) < 4.78 is 27.4. The summed E-state index contributed by atoms with van der Waals surface area (Å²) in [6.45, 7) is 5.40. The summed E-state index contributed by atoms with van der Waals surface area (Å²) in [5.41, 5.74) is 8.56. The molecular formula is C9H14N2O2S. The zero-order valence-electron chi connectivity index (χ0n) is 8.42. The summed E-state index contributed by atoms with van der Waals surface area (Å²) in [5.74, 6) is 0. The van der Waals surface area contributed by atoms with Crippen LogP contribution in [0.1, 0.15) is 16.7 Å². The molecule has 0 spiro atoms. The van der Waals surface area contributed by atoms with Gasteiger partial charge >= 0.3 is 0 Å². The Kier molecular flexibility index (Phi) is 2.56. The standard InChI is InChI=1S/C9H14N2O2S/c1-5-6(2)8(10)4-9(7(5)3)14(11,12)13/h4H,10H2,1-3H3,(H2,11,12,13). The van der Waals surface area contributed by atoms with E-state index in [-0.39, 0.29) is 4.90 Å². The maximum absolute atomic E-state index is 11.2. The fraction of sp³-hybridized carbons (Fsp3) is 0.333. The molecule has 0 aliphatic rings. The van der Waals surface area contributed by atoms with Crippen LogP contribution in [-0.4, -0.2) is 8.76 Å². The van der Waals surface area contributed by atoms with E-state index in [9.17, 15) is 4.21 Å². The van der Waals surface area contributed by atoms with E-state index in [1.807, 2.05) is 13.8 Å². The first kappa shape index (κ1) is 11.0. The third-order valence-electron chi connectivity index (χ3n) is 2.51. The van der Waals surface area contributed by atoms with Gasteiger partial charge in [0.25, 0.3) is 0 Å². The topological polar surface area (TPSA) is 87.2 Å². The first-order valence-corrected chi connectivity index (χ1v) is 5.64. The minimum atomic E-state index is -3.68. The molecule has 4 nitrogen and oxygen atoms in total. The van der Waals surface area contributed by atoms with Crippen LogP contribution in [0.25, 0.3) is 0 Å². The van der Waals surface area contributed by atoms with Crippen LogP contribution in [0.3, 0.4) is 0 Å². The monoisotopic (exact) mass is 214 g/mol. The molecule has 0 aliphatic heterocycles. The summed E-state index contributed by atoms with van der Waals surface area (Å²) in [6, 6.07) is 1.41. The summed E-state index contributed by atoms with van der Waals surface area (Å²) in [7, 11) is -3.68. The number of hydrogen-bond donors (Lipinski definition) is 3. The predicted molar refractivity (Wildman–Crippen MR) is 56.8 cm³/mol. The first-order chi connectivity index (χ1) is 6.25. The van der Waals surface area contributed by atoms with Gasteiger partial charge in [0.15, 0.2) is 10.0 Å². The van der Waals surface area contributed by atoms with Crippen molar-refractivity contribution >= 4 is 15.7 Å². The second-order valence-corrected chi connectivity index (χ2v) is 4.86. The Morgan fingerprint density at radius 3 is 2.21 bits per heavy atom. The number of hydrogen-bond acceptors (Lipinski definition) is 3. The maximum atomic E-state index is 11.2. The molecule has 5 heteroatoms. The van der Waals surface area contributed by atoms with Gasteiger partial charge in [0, 0.05) is 5.69 Å². The van der Waals surface area contributed by atoms with Crippen molar-refractivity contribution in [1.29, 1.82) is 4.78 Å². The van der Waals surface area contributed by atoms with Gasteiger partial charge in [0.05, 0.1) is 4.90 Å². The van der Waals surface area contributed by atoms with Gasteiger partial charge in [-0.3, -0.25) is 4.55 Å². The lowest BCUT2D eigenvalue weighted by molar-refractivity contribution is 0.547. The Labute approximate surface area is 83.9 Å². The van der Waals surface area contributed by atoms with E-state index in [1.165, 1.54) is 6.07 Å². The van der Waals surface area contributed by atoms with E-state index in [4.69, 9.17) is 15.1 Å². The van der Waals surface area contributed by atoms with Crippen LogP contribution in [0.4, 0.5) is 5.69 Å². The average molecular weight is 214 g/mol. The van der Waals surface area contributed by atoms with Crippen LogP contribution < -0.4 is 5.73 Å². The lowest BCUT2D eigenvalue weighted by atomic mass is 10.0. The van der Waals surface area contributed by atoms with E-state index in [1.54, 1.807) is 6.92 Å². The molecule has 0 saturated carbocycles. The Balaban J connectivity index is 3.66. The van der Waals surface area contributed by atoms with Crippen molar-refractivity contribution < 1.29 is 8.76 Å². The number of nitrogens with two attached hydrogens (primary N) is 1. The Hall–Kier alpha value is -1.07. The van der Waals surface area contributed by atoms with Crippen molar-refractivity contribution in [3.8, 4) is 0 Å². The van der Waals surface area contributed by atoms with Crippen LogP contribution in [0.15, 0.2) is 11.0 Å². The molecule has 0 fully saturated rings. The molecule has 1 rings (SSSR count). The maximum Gasteiger partial charge on any atom is 0.188 e. The molecule has 0 heterocycles. The molecule has 0 aromatic heterocycles. The van der Waals surface area contributed by atoms with E-state index >= 15 is 0 Å². The highest BCUT2D eigenvalue weighted by molar-refractivity contribution is 7.87. The minimum Gasteiger partial charge on any atom is -0.398 e. The molecule has 1 atom stereocenters. The van der Waals surface area contributed by atoms with Gasteiger partial charge in [-0.15, -0.1) is 0 Å². The zero-order chi connectivity index (χ0) is 11.1. The number of nitrogens with one attached hydrogen (secondary N) is 1. The molecule has 4 N–H and O–H groups in total. The van der Waals surface area contributed by atoms with Crippen molar-refractivity contribution in [1.82, 2.24) is 0 Å². The van der Waals surface area contributed by atoms with Crippen molar-refractivity contribution in [2.24, 2.45) is 0 Å². The average Bonchev–Trinajstić information content (AvgIpc) is 2.06. The summed E-state index contributed by atoms with van der Waals surface area (Å²) in [6.07, 6.45) is 0. The lowest BCUT2D eigenvalue weighted by Crippen LogP contribution is -2.04. The molecule has 1 aromatic rings. The lowest BCUT2D eigenvalue weighted by Gasteiger charge is -2.12. The smallest absolute Gasteiger partial charge is 0.188 e. The van der Waals surface area contributed by atoms with Gasteiger partial charge < -0.3 is 5.73 Å². The van der Waals surface area contributed by atoms with Crippen LogP contribution >= 0.6 is 0 Å². The summed E-state index contributed by atoms with van der Waals surface area (Å²) in [5, 5.41) is 0. The van der Waals surface area contributed by atoms with Gasteiger partial charge in [0.2, 0.25) is 0 Å². The molecule has 1 aromatic carbocycles. The van der Waals surface area contributed by atoms with Gasteiger partial charge in [-0.25, -0.2) is 8.99 Å². The fourth-order valence-electron chi connectivity index (χ4n) is 1.33. The predicted octanol–water partition coefficient (Wildman–Crippen LogP) is 2.07. The van der Waals surface area contributed by atoms with Crippen molar-refractivity contribution in [3.63, 3.8) is 0 Å². The molecule has 0 radical (unpaired) electrons. The zero-order valence-corrected chi connectivity index (χ0v) is 9.23. The molecule has 0 saturated heterocycles. The molecule has 1 unspecified atom stereocenters. The first-order valence-electron chi connectivity index (χ1n) is 4.12. The summed E-state index contributed by atoms with van der Waals surface area (Å²) >= 11 is 0. The van der Waals surface area contributed by atoms with Crippen LogP contribution in [0, 0.1) is 25.6 Å². The fourth-order valence-corrected chi connectivity index (χ4v) is 2.18. The molecule has 0 bridgehead atoms. The largest absolute Gasteiger partial charge is 0.398 e. The number of rotatable bonds is 1. The Bertz CT molecular complexity index is 478. The number of nitrogen functional groups attached to an aromatic ring is 1. The molecular weight excluding hydrogens is 200 g/mol. The molecule has 14 heavy (non-hydrogen) atoms. The van der Waals surface area contributed by atoms with Gasteiger partial charge in [-0.2, -0.15) is 0 Å². The van der Waals surface area contributed by atoms with Crippen molar-refractivity contribution in [2.75, 3.05) is 5.73 Å². The van der Waals surface area contributed by atoms with E-state index in [2.05, 4.69) is 0 Å². The van der Waals surface area contributed by atoms with Crippen molar-refractivity contribution in [3.05, 3.63) is 22.8 Å². The van der Waals surface area contributed by atoms with E-state index in [0.29, 0.717) is 11.3 Å². The van der Waals surface area contributed by atoms with E-state index in [0.717, 1.165) is 11.1 Å². The molecule has 78 valence electrons. The number of anilines is 1. The number of benzene rings is 1. The van der Waals surface area contributed by atoms with E-state index < -0.39 is 10.0 Å². The van der Waals surface area contributed by atoms with Gasteiger partial charge in [-0.1, -0.05) is 0 Å². The van der Waals surface area contributed by atoms with Gasteiger partial charge in [0.1, 0.15) is 0 Å². The van der Waals surface area contributed by atoms with Crippen molar-refractivity contribution in [2.45, 2.75) is 25.7 Å². The van der Waals surface area contributed by atoms with Gasteiger partial charge in [-0.05, 0) is 43.5 Å². The highest BCUT2D eigenvalue weighted by Gasteiger charge is 2.14. The minimum absolute atomic E-state index is 0.109. The third-order valence-corrected chi connectivity index (χ3v) is 3.53. The second kappa shape index (κ2) is 3.25. The third kappa shape index (κ3) is 1.73. The Morgan fingerprint density at radius 1 is 1.29 bits per heavy atom. The molecule has 0 amide bonds. The van der Waals surface area contributed by atoms with Crippen LogP contribution in [-0.2, 0) is 10.0 Å². The summed E-state index contributed by atoms with van der Waals surface area (Å²) in [4.78, 5) is 0.109. The quantitative estimate of drug-likeness (QED) is 0.625. The Morgan fingerprint density at radius 2 is 1.79 bits per heavy atom. The highest BCUT2D eigenvalue weighted by atomic mass is 32.2. The SMILES string of the molecule is Cc1c(N)cc(S(=N)(=O)O)c(C)c1C. The second-order valence-electron chi connectivity index (χ2n) is 3.36. The van der Waals surface area contributed by atoms with Crippen LogP contribution in [0.5, 0.6) is 0 Å². The van der Waals surface area contributed by atoms with Crippen LogP contribution in [0.2, 0.25) is 0 Å².